The van der Waals surface area contributed by atoms with Crippen molar-refractivity contribution in [3.63, 3.8) is 0 Å². The van der Waals surface area contributed by atoms with Crippen LogP contribution in [-0.4, -0.2) is 19.6 Å². The van der Waals surface area contributed by atoms with E-state index in [1.807, 2.05) is 11.4 Å². The third-order valence-corrected chi connectivity index (χ3v) is 3.63. The van der Waals surface area contributed by atoms with Crippen molar-refractivity contribution in [3.8, 4) is 10.7 Å². The summed E-state index contributed by atoms with van der Waals surface area (Å²) in [6, 6.07) is 3.48. The van der Waals surface area contributed by atoms with Gasteiger partial charge >= 0.3 is 0 Å². The molecule has 3 aromatic heterocycles. The first-order valence-electron chi connectivity index (χ1n) is 4.35. The Balaban J connectivity index is 2.30. The Bertz CT molecular complexity index is 660. The monoisotopic (exact) mass is 270 g/mol. The van der Waals surface area contributed by atoms with Gasteiger partial charge in [0.1, 0.15) is 11.5 Å². The van der Waals surface area contributed by atoms with Gasteiger partial charge in [0.25, 0.3) is 0 Å². The van der Waals surface area contributed by atoms with Crippen LogP contribution in [0.5, 0.6) is 0 Å². The molecule has 80 valence electrons. The van der Waals surface area contributed by atoms with Gasteiger partial charge in [-0.1, -0.05) is 23.2 Å². The van der Waals surface area contributed by atoms with Gasteiger partial charge in [-0.2, -0.15) is 0 Å². The molecule has 4 nitrogen and oxygen atoms in total. The molecule has 0 aromatic carbocycles. The molecule has 0 bridgehead atoms. The average Bonchev–Trinajstić information content (AvgIpc) is 2.83. The number of thiophene rings is 1. The molecule has 0 amide bonds. The molecule has 3 rings (SSSR count). The van der Waals surface area contributed by atoms with Gasteiger partial charge in [0.15, 0.2) is 11.5 Å². The lowest BCUT2D eigenvalue weighted by molar-refractivity contribution is 1.08. The first kappa shape index (κ1) is 10.0. The van der Waals surface area contributed by atoms with Crippen LogP contribution in [0.4, 0.5) is 0 Å². The summed E-state index contributed by atoms with van der Waals surface area (Å²) in [5.41, 5.74) is 0.652. The van der Waals surface area contributed by atoms with Crippen molar-refractivity contribution in [2.45, 2.75) is 0 Å². The summed E-state index contributed by atoms with van der Waals surface area (Å²) in [7, 11) is 0. The fourth-order valence-electron chi connectivity index (χ4n) is 1.38. The molecule has 0 atom stereocenters. The minimum atomic E-state index is 0.392. The predicted octanol–water partition coefficient (Wildman–Crippen LogP) is 3.16. The third-order valence-electron chi connectivity index (χ3n) is 2.09. The van der Waals surface area contributed by atoms with Crippen molar-refractivity contribution < 1.29 is 0 Å². The van der Waals surface area contributed by atoms with Crippen molar-refractivity contribution in [2.24, 2.45) is 0 Å². The largest absolute Gasteiger partial charge is 0.264 e. The molecule has 0 fully saturated rings. The van der Waals surface area contributed by atoms with Crippen LogP contribution in [-0.2, 0) is 0 Å². The van der Waals surface area contributed by atoms with Gasteiger partial charge in [0, 0.05) is 6.07 Å². The number of hydrogen-bond acceptors (Lipinski definition) is 4. The zero-order valence-electron chi connectivity index (χ0n) is 7.76. The fourth-order valence-corrected chi connectivity index (χ4v) is 2.64. The molecule has 0 aliphatic carbocycles. The van der Waals surface area contributed by atoms with Crippen molar-refractivity contribution in [1.29, 1.82) is 0 Å². The first-order chi connectivity index (χ1) is 7.75. The van der Waals surface area contributed by atoms with E-state index in [4.69, 9.17) is 23.2 Å². The Morgan fingerprint density at radius 2 is 2.12 bits per heavy atom. The van der Waals surface area contributed by atoms with Gasteiger partial charge in [-0.05, 0) is 11.4 Å². The molecular weight excluding hydrogens is 267 g/mol. The van der Waals surface area contributed by atoms with Gasteiger partial charge in [0.2, 0.25) is 0 Å². The number of nitrogens with zero attached hydrogens (tertiary/aromatic N) is 4. The molecule has 0 spiro atoms. The van der Waals surface area contributed by atoms with Crippen molar-refractivity contribution in [1.82, 2.24) is 19.6 Å². The Morgan fingerprint density at radius 3 is 2.88 bits per heavy atom. The summed E-state index contributed by atoms with van der Waals surface area (Å²) in [6.07, 6.45) is 1.59. The van der Waals surface area contributed by atoms with E-state index in [1.165, 1.54) is 11.3 Å². The van der Waals surface area contributed by atoms with E-state index in [0.717, 1.165) is 4.88 Å². The van der Waals surface area contributed by atoms with Crippen LogP contribution >= 0.6 is 34.5 Å². The highest BCUT2D eigenvalue weighted by molar-refractivity contribution is 7.14. The number of rotatable bonds is 1. The highest BCUT2D eigenvalue weighted by atomic mass is 35.5. The third kappa shape index (κ3) is 1.48. The lowest BCUT2D eigenvalue weighted by Gasteiger charge is -1.96. The molecule has 0 aliphatic heterocycles. The van der Waals surface area contributed by atoms with Crippen LogP contribution in [0.3, 0.4) is 0 Å². The summed E-state index contributed by atoms with van der Waals surface area (Å²) in [6.45, 7) is 0. The highest BCUT2D eigenvalue weighted by Crippen LogP contribution is 2.31. The van der Waals surface area contributed by atoms with E-state index in [1.54, 1.807) is 16.8 Å². The topological polar surface area (TPSA) is 43.1 Å². The lowest BCUT2D eigenvalue weighted by atomic mass is 10.4. The number of hydrogen-bond donors (Lipinski definition) is 0. The smallest absolute Gasteiger partial charge is 0.181 e. The van der Waals surface area contributed by atoms with E-state index in [2.05, 4.69) is 15.2 Å². The van der Waals surface area contributed by atoms with E-state index >= 15 is 0 Å². The van der Waals surface area contributed by atoms with Crippen LogP contribution in [0.15, 0.2) is 23.8 Å². The van der Waals surface area contributed by atoms with Crippen molar-refractivity contribution in [2.75, 3.05) is 0 Å². The molecule has 3 heterocycles. The van der Waals surface area contributed by atoms with Crippen LogP contribution in [0, 0.1) is 0 Å². The van der Waals surface area contributed by atoms with Crippen LogP contribution in [0.2, 0.25) is 10.2 Å². The van der Waals surface area contributed by atoms with Gasteiger partial charge in [0.05, 0.1) is 9.90 Å². The molecule has 0 N–H and O–H groups in total. The summed E-state index contributed by atoms with van der Waals surface area (Å²) >= 11 is 13.3. The lowest BCUT2D eigenvalue weighted by Crippen LogP contribution is -1.89. The zero-order chi connectivity index (χ0) is 11.1. The van der Waals surface area contributed by atoms with Crippen molar-refractivity contribution in [3.05, 3.63) is 34.0 Å². The Kier molecular flexibility index (Phi) is 2.31. The Labute approximate surface area is 104 Å². The summed E-state index contributed by atoms with van der Waals surface area (Å²) < 4.78 is 1.75. The SMILES string of the molecule is Clc1cc2nnc(-c3sccc3Cl)n2cn1. The van der Waals surface area contributed by atoms with E-state index in [-0.39, 0.29) is 0 Å². The quantitative estimate of drug-likeness (QED) is 0.638. The van der Waals surface area contributed by atoms with Gasteiger partial charge in [-0.3, -0.25) is 4.40 Å². The van der Waals surface area contributed by atoms with Crippen LogP contribution in [0.25, 0.3) is 16.3 Å². The second kappa shape index (κ2) is 3.69. The molecule has 7 heteroatoms. The fraction of sp³-hybridized carbons (Fsp3) is 0. The second-order valence-corrected chi connectivity index (χ2v) is 4.77. The van der Waals surface area contributed by atoms with Gasteiger partial charge in [-0.15, -0.1) is 21.5 Å². The molecule has 0 saturated carbocycles. The molecule has 3 aromatic rings. The second-order valence-electron chi connectivity index (χ2n) is 3.06. The average molecular weight is 271 g/mol. The van der Waals surface area contributed by atoms with E-state index in [9.17, 15) is 0 Å². The molecule has 0 saturated heterocycles. The maximum absolute atomic E-state index is 6.05. The molecular formula is C9H4Cl2N4S. The normalized spacial score (nSPS) is 11.1. The van der Waals surface area contributed by atoms with Crippen LogP contribution < -0.4 is 0 Å². The van der Waals surface area contributed by atoms with E-state index in [0.29, 0.717) is 21.6 Å². The number of fused-ring (bicyclic) bond motifs is 1. The Morgan fingerprint density at radius 1 is 1.25 bits per heavy atom. The number of aromatic nitrogens is 4. The zero-order valence-corrected chi connectivity index (χ0v) is 10.1. The summed E-state index contributed by atoms with van der Waals surface area (Å²) in [5, 5.41) is 11.1. The molecule has 16 heavy (non-hydrogen) atoms. The van der Waals surface area contributed by atoms with Crippen molar-refractivity contribution >= 4 is 40.2 Å². The number of halogens is 2. The first-order valence-corrected chi connectivity index (χ1v) is 5.99. The summed E-state index contributed by atoms with van der Waals surface area (Å²) in [4.78, 5) is 4.86. The van der Waals surface area contributed by atoms with E-state index < -0.39 is 0 Å². The molecule has 0 aliphatic rings. The maximum atomic E-state index is 6.05. The standard InChI is InChI=1S/C9H4Cl2N4S/c10-5-1-2-16-8(5)9-14-13-7-3-6(11)12-4-15(7)9/h1-4H. The van der Waals surface area contributed by atoms with Gasteiger partial charge < -0.3 is 0 Å². The molecule has 0 unspecified atom stereocenters. The molecule has 0 radical (unpaired) electrons. The maximum Gasteiger partial charge on any atom is 0.181 e. The Hall–Kier alpha value is -1.17. The summed E-state index contributed by atoms with van der Waals surface area (Å²) in [5.74, 6) is 0.680. The minimum absolute atomic E-state index is 0.392. The predicted molar refractivity (Wildman–Crippen MR) is 64.1 cm³/mol. The van der Waals surface area contributed by atoms with Crippen LogP contribution in [0.1, 0.15) is 0 Å². The minimum Gasteiger partial charge on any atom is -0.264 e. The van der Waals surface area contributed by atoms with Gasteiger partial charge in [-0.25, -0.2) is 4.98 Å². The highest BCUT2D eigenvalue weighted by Gasteiger charge is 2.12.